The Balaban J connectivity index is 2.02. The summed E-state index contributed by atoms with van der Waals surface area (Å²) in [5.41, 5.74) is 1.88. The molecule has 0 fully saturated rings. The number of amides is 1. The van der Waals surface area contributed by atoms with Crippen molar-refractivity contribution in [1.82, 2.24) is 0 Å². The molecule has 0 aliphatic heterocycles. The van der Waals surface area contributed by atoms with Gasteiger partial charge in [-0.1, -0.05) is 52.8 Å². The third-order valence-corrected chi connectivity index (χ3v) is 4.70. The van der Waals surface area contributed by atoms with Crippen LogP contribution in [-0.4, -0.2) is 18.6 Å². The highest BCUT2D eigenvalue weighted by Gasteiger charge is 2.21. The second-order valence-electron chi connectivity index (χ2n) is 7.58. The molecule has 0 aliphatic carbocycles. The van der Waals surface area contributed by atoms with Gasteiger partial charge in [0.25, 0.3) is 5.91 Å². The van der Waals surface area contributed by atoms with E-state index < -0.39 is 6.10 Å². The molecule has 4 heteroatoms. The van der Waals surface area contributed by atoms with Gasteiger partial charge < -0.3 is 14.8 Å². The van der Waals surface area contributed by atoms with Crippen LogP contribution in [0.25, 0.3) is 0 Å². The Bertz CT molecular complexity index is 740. The lowest BCUT2D eigenvalue weighted by Crippen LogP contribution is -2.32. The number of hydrogen-bond acceptors (Lipinski definition) is 3. The van der Waals surface area contributed by atoms with E-state index >= 15 is 0 Å². The predicted octanol–water partition coefficient (Wildman–Crippen LogP) is 6.03. The van der Waals surface area contributed by atoms with Crippen molar-refractivity contribution >= 4 is 11.6 Å². The number of carbonyl (C=O) groups excluding carboxylic acids is 1. The number of carbonyl (C=O) groups is 1. The molecule has 2 aromatic rings. The van der Waals surface area contributed by atoms with Crippen LogP contribution in [0, 0.1) is 5.92 Å². The molecule has 2 aromatic carbocycles. The highest BCUT2D eigenvalue weighted by atomic mass is 16.5. The summed E-state index contributed by atoms with van der Waals surface area (Å²) in [7, 11) is 0. The highest BCUT2D eigenvalue weighted by molar-refractivity contribution is 5.94. The van der Waals surface area contributed by atoms with Gasteiger partial charge >= 0.3 is 0 Å². The van der Waals surface area contributed by atoms with E-state index in [-0.39, 0.29) is 5.91 Å². The molecule has 1 amide bonds. The topological polar surface area (TPSA) is 47.6 Å². The highest BCUT2D eigenvalue weighted by Crippen LogP contribution is 2.29. The summed E-state index contributed by atoms with van der Waals surface area (Å²) in [5.74, 6) is 2.31. The largest absolute Gasteiger partial charge is 0.493 e. The van der Waals surface area contributed by atoms with Gasteiger partial charge in [-0.15, -0.1) is 0 Å². The zero-order valence-corrected chi connectivity index (χ0v) is 17.7. The van der Waals surface area contributed by atoms with E-state index in [1.807, 2.05) is 49.4 Å². The molecule has 0 aromatic heterocycles. The lowest BCUT2D eigenvalue weighted by atomic mass is 9.98. The van der Waals surface area contributed by atoms with Crippen molar-refractivity contribution in [3.05, 3.63) is 54.1 Å². The van der Waals surface area contributed by atoms with Crippen LogP contribution in [0.5, 0.6) is 11.5 Å². The Labute approximate surface area is 169 Å². The maximum Gasteiger partial charge on any atom is 0.265 e. The normalized spacial score (nSPS) is 13.1. The third kappa shape index (κ3) is 6.29. The molecule has 28 heavy (non-hydrogen) atoms. The van der Waals surface area contributed by atoms with E-state index in [2.05, 4.69) is 39.1 Å². The molecule has 0 bridgehead atoms. The molecule has 4 nitrogen and oxygen atoms in total. The second-order valence-corrected chi connectivity index (χ2v) is 7.58. The van der Waals surface area contributed by atoms with Gasteiger partial charge in [0, 0.05) is 5.69 Å². The molecule has 2 atom stereocenters. The average molecular weight is 384 g/mol. The van der Waals surface area contributed by atoms with Crippen molar-refractivity contribution in [1.29, 1.82) is 0 Å². The molecule has 1 N–H and O–H groups in total. The Hall–Kier alpha value is -2.49. The van der Waals surface area contributed by atoms with Crippen LogP contribution in [0.1, 0.15) is 58.9 Å². The van der Waals surface area contributed by atoms with Crippen molar-refractivity contribution in [2.75, 3.05) is 11.9 Å². The van der Waals surface area contributed by atoms with Crippen molar-refractivity contribution in [3.8, 4) is 11.5 Å². The molecule has 0 radical (unpaired) electrons. The smallest absolute Gasteiger partial charge is 0.265 e. The van der Waals surface area contributed by atoms with Gasteiger partial charge in [0.05, 0.1) is 6.61 Å². The number of rotatable bonds is 10. The Morgan fingerprint density at radius 2 is 1.64 bits per heavy atom. The number of ether oxygens (including phenoxy) is 2. The molecule has 0 heterocycles. The van der Waals surface area contributed by atoms with Gasteiger partial charge in [0.1, 0.15) is 11.5 Å². The summed E-state index contributed by atoms with van der Waals surface area (Å²) in [6.07, 6.45) is 1.08. The van der Waals surface area contributed by atoms with Gasteiger partial charge in [-0.25, -0.2) is 0 Å². The first kappa shape index (κ1) is 21.8. The van der Waals surface area contributed by atoms with Crippen molar-refractivity contribution in [2.45, 2.75) is 59.5 Å². The van der Waals surface area contributed by atoms with Crippen LogP contribution in [0.3, 0.4) is 0 Å². The van der Waals surface area contributed by atoms with Crippen LogP contribution in [-0.2, 0) is 4.79 Å². The monoisotopic (exact) mass is 383 g/mol. The lowest BCUT2D eigenvalue weighted by molar-refractivity contribution is -0.122. The fourth-order valence-electron chi connectivity index (χ4n) is 2.81. The van der Waals surface area contributed by atoms with Gasteiger partial charge in [-0.05, 0) is 60.6 Å². The minimum atomic E-state index is -0.540. The first-order chi connectivity index (χ1) is 13.4. The lowest BCUT2D eigenvalue weighted by Gasteiger charge is -2.21. The average Bonchev–Trinajstić information content (AvgIpc) is 2.71. The van der Waals surface area contributed by atoms with Crippen LogP contribution < -0.4 is 14.8 Å². The van der Waals surface area contributed by atoms with E-state index in [4.69, 9.17) is 9.47 Å². The minimum absolute atomic E-state index is 0.141. The fourth-order valence-corrected chi connectivity index (χ4v) is 2.81. The summed E-state index contributed by atoms with van der Waals surface area (Å²) in [4.78, 5) is 12.7. The van der Waals surface area contributed by atoms with Gasteiger partial charge in [0.2, 0.25) is 0 Å². The van der Waals surface area contributed by atoms with E-state index in [1.54, 1.807) is 0 Å². The number of benzene rings is 2. The van der Waals surface area contributed by atoms with Crippen LogP contribution >= 0.6 is 0 Å². The number of para-hydroxylation sites is 1. The van der Waals surface area contributed by atoms with Crippen LogP contribution in [0.2, 0.25) is 0 Å². The van der Waals surface area contributed by atoms with Crippen molar-refractivity contribution in [2.24, 2.45) is 5.92 Å². The SMILES string of the molecule is CCC(Oc1ccccc1C(C)CC)C(=O)Nc1ccc(OCC(C)C)cc1. The van der Waals surface area contributed by atoms with E-state index in [9.17, 15) is 4.79 Å². The summed E-state index contributed by atoms with van der Waals surface area (Å²) in [5, 5.41) is 2.95. The van der Waals surface area contributed by atoms with Gasteiger partial charge in [-0.3, -0.25) is 4.79 Å². The Kier molecular flexibility index (Phi) is 8.37. The zero-order valence-electron chi connectivity index (χ0n) is 17.7. The second kappa shape index (κ2) is 10.7. The molecule has 2 rings (SSSR count). The number of hydrogen-bond donors (Lipinski definition) is 1. The maximum atomic E-state index is 12.7. The number of nitrogens with one attached hydrogen (secondary N) is 1. The molecule has 152 valence electrons. The van der Waals surface area contributed by atoms with Crippen molar-refractivity contribution < 1.29 is 14.3 Å². The summed E-state index contributed by atoms with van der Waals surface area (Å²) >= 11 is 0. The molecule has 0 spiro atoms. The third-order valence-electron chi connectivity index (χ3n) is 4.70. The first-order valence-electron chi connectivity index (χ1n) is 10.2. The Morgan fingerprint density at radius 1 is 0.964 bits per heavy atom. The maximum absolute atomic E-state index is 12.7. The zero-order chi connectivity index (χ0) is 20.5. The molecular weight excluding hydrogens is 350 g/mol. The van der Waals surface area contributed by atoms with Crippen LogP contribution in [0.15, 0.2) is 48.5 Å². The van der Waals surface area contributed by atoms with Gasteiger partial charge in [0.15, 0.2) is 6.10 Å². The fraction of sp³-hybridized carbons (Fsp3) is 0.458. The summed E-state index contributed by atoms with van der Waals surface area (Å²) < 4.78 is 11.8. The van der Waals surface area contributed by atoms with E-state index in [1.165, 1.54) is 0 Å². The minimum Gasteiger partial charge on any atom is -0.493 e. The molecule has 0 saturated carbocycles. The summed E-state index contributed by atoms with van der Waals surface area (Å²) in [6.45, 7) is 11.2. The molecule has 0 aliphatic rings. The predicted molar refractivity (Wildman–Crippen MR) is 115 cm³/mol. The molecule has 0 saturated heterocycles. The summed E-state index contributed by atoms with van der Waals surface area (Å²) in [6, 6.07) is 15.4. The van der Waals surface area contributed by atoms with E-state index in [0.29, 0.717) is 24.9 Å². The van der Waals surface area contributed by atoms with E-state index in [0.717, 1.165) is 29.2 Å². The quantitative estimate of drug-likeness (QED) is 0.545. The molecular formula is C24H33NO3. The van der Waals surface area contributed by atoms with Gasteiger partial charge in [-0.2, -0.15) is 0 Å². The van der Waals surface area contributed by atoms with Crippen molar-refractivity contribution in [3.63, 3.8) is 0 Å². The standard InChI is InChI=1S/C24H33NO3/c1-6-18(5)21-10-8-9-11-23(21)28-22(7-2)24(26)25-19-12-14-20(15-13-19)27-16-17(3)4/h8-15,17-18,22H,6-7,16H2,1-5H3,(H,25,26). The first-order valence-corrected chi connectivity index (χ1v) is 10.2. The van der Waals surface area contributed by atoms with Crippen LogP contribution in [0.4, 0.5) is 5.69 Å². The number of anilines is 1. The molecule has 2 unspecified atom stereocenters. The Morgan fingerprint density at radius 3 is 2.25 bits per heavy atom.